The fraction of sp³-hybridized carbons (Fsp3) is 0.421. The maximum absolute atomic E-state index is 12.8. The molecular formula is C19H25N5O2. The average molecular weight is 355 g/mol. The van der Waals surface area contributed by atoms with E-state index in [1.54, 1.807) is 17.8 Å². The SMILES string of the molecule is CN=Cc1ccccc1Cn1c(N2CCC[C@@H](N)C2)cc(=O)n(C)c1=O. The Bertz CT molecular complexity index is 928. The van der Waals surface area contributed by atoms with Crippen LogP contribution in [-0.4, -0.2) is 41.5 Å². The van der Waals surface area contributed by atoms with Crippen molar-refractivity contribution in [1.82, 2.24) is 9.13 Å². The van der Waals surface area contributed by atoms with Crippen molar-refractivity contribution >= 4 is 12.0 Å². The molecule has 2 heterocycles. The summed E-state index contributed by atoms with van der Waals surface area (Å²) in [5.41, 5.74) is 7.41. The van der Waals surface area contributed by atoms with Gasteiger partial charge in [0, 0.05) is 45.5 Å². The Morgan fingerprint density at radius 3 is 2.81 bits per heavy atom. The van der Waals surface area contributed by atoms with E-state index in [-0.39, 0.29) is 17.3 Å². The van der Waals surface area contributed by atoms with Crippen LogP contribution in [0.3, 0.4) is 0 Å². The van der Waals surface area contributed by atoms with Crippen molar-refractivity contribution in [3.63, 3.8) is 0 Å². The van der Waals surface area contributed by atoms with Gasteiger partial charge >= 0.3 is 5.69 Å². The van der Waals surface area contributed by atoms with Gasteiger partial charge in [0.2, 0.25) is 0 Å². The van der Waals surface area contributed by atoms with Crippen LogP contribution in [-0.2, 0) is 13.6 Å². The normalized spacial score (nSPS) is 17.8. The van der Waals surface area contributed by atoms with E-state index in [0.717, 1.165) is 35.1 Å². The number of nitrogens with two attached hydrogens (primary N) is 1. The van der Waals surface area contributed by atoms with Crippen LogP contribution in [0.2, 0.25) is 0 Å². The molecule has 1 atom stereocenters. The van der Waals surface area contributed by atoms with Gasteiger partial charge in [-0.3, -0.25) is 18.9 Å². The van der Waals surface area contributed by atoms with E-state index >= 15 is 0 Å². The molecule has 0 aliphatic carbocycles. The standard InChI is InChI=1S/C19H25N5O2/c1-21-11-14-6-3-4-7-15(14)12-24-17(10-18(25)22(2)19(24)26)23-9-5-8-16(20)13-23/h3-4,6-7,10-11,16H,5,8-9,12-13,20H2,1-2H3/t16-/m1/s1. The minimum atomic E-state index is -0.324. The summed E-state index contributed by atoms with van der Waals surface area (Å²) in [7, 11) is 3.22. The van der Waals surface area contributed by atoms with Crippen LogP contribution >= 0.6 is 0 Å². The quantitative estimate of drug-likeness (QED) is 0.813. The van der Waals surface area contributed by atoms with E-state index in [4.69, 9.17) is 5.73 Å². The number of aromatic nitrogens is 2. The van der Waals surface area contributed by atoms with E-state index in [2.05, 4.69) is 4.99 Å². The predicted octanol–water partition coefficient (Wildman–Crippen LogP) is 0.572. The summed E-state index contributed by atoms with van der Waals surface area (Å²) in [5, 5.41) is 0. The Morgan fingerprint density at radius 1 is 1.31 bits per heavy atom. The zero-order chi connectivity index (χ0) is 18.7. The number of rotatable bonds is 4. The molecule has 7 nitrogen and oxygen atoms in total. The topological polar surface area (TPSA) is 85.6 Å². The van der Waals surface area contributed by atoms with Crippen molar-refractivity contribution in [1.29, 1.82) is 0 Å². The molecule has 0 saturated carbocycles. The smallest absolute Gasteiger partial charge is 0.332 e. The lowest BCUT2D eigenvalue weighted by atomic mass is 10.1. The summed E-state index contributed by atoms with van der Waals surface area (Å²) >= 11 is 0. The number of benzene rings is 1. The summed E-state index contributed by atoms with van der Waals surface area (Å²) in [5.74, 6) is 0.636. The van der Waals surface area contributed by atoms with Gasteiger partial charge in [-0.05, 0) is 24.0 Å². The van der Waals surface area contributed by atoms with E-state index in [0.29, 0.717) is 18.9 Å². The van der Waals surface area contributed by atoms with Gasteiger partial charge in [0.25, 0.3) is 5.56 Å². The lowest BCUT2D eigenvalue weighted by Gasteiger charge is -2.34. The fourth-order valence-corrected chi connectivity index (χ4v) is 3.40. The van der Waals surface area contributed by atoms with Crippen LogP contribution in [0.5, 0.6) is 0 Å². The molecule has 1 aromatic carbocycles. The number of piperidine rings is 1. The minimum absolute atomic E-state index is 0.0517. The first-order valence-electron chi connectivity index (χ1n) is 8.82. The van der Waals surface area contributed by atoms with Crippen LogP contribution in [0.15, 0.2) is 44.9 Å². The minimum Gasteiger partial charge on any atom is -0.356 e. The van der Waals surface area contributed by atoms with Crippen LogP contribution < -0.4 is 21.9 Å². The van der Waals surface area contributed by atoms with Crippen molar-refractivity contribution in [3.05, 3.63) is 62.3 Å². The van der Waals surface area contributed by atoms with E-state index in [1.807, 2.05) is 29.2 Å². The molecule has 1 aromatic heterocycles. The van der Waals surface area contributed by atoms with Gasteiger partial charge < -0.3 is 10.6 Å². The lowest BCUT2D eigenvalue weighted by Crippen LogP contribution is -2.47. The zero-order valence-electron chi connectivity index (χ0n) is 15.3. The Hall–Kier alpha value is -2.67. The lowest BCUT2D eigenvalue weighted by molar-refractivity contribution is 0.491. The molecule has 1 fully saturated rings. The number of hydrogen-bond donors (Lipinski definition) is 1. The molecular weight excluding hydrogens is 330 g/mol. The first-order chi connectivity index (χ1) is 12.5. The van der Waals surface area contributed by atoms with Gasteiger partial charge in [0.1, 0.15) is 5.82 Å². The first kappa shape index (κ1) is 18.1. The van der Waals surface area contributed by atoms with Gasteiger partial charge in [-0.25, -0.2) is 4.79 Å². The molecule has 1 aliphatic heterocycles. The third-order valence-electron chi connectivity index (χ3n) is 4.81. The van der Waals surface area contributed by atoms with Crippen LogP contribution in [0.25, 0.3) is 0 Å². The summed E-state index contributed by atoms with van der Waals surface area (Å²) in [6, 6.07) is 9.40. The maximum Gasteiger partial charge on any atom is 0.332 e. The van der Waals surface area contributed by atoms with E-state index < -0.39 is 0 Å². The number of aliphatic imine (C=N–C) groups is 1. The summed E-state index contributed by atoms with van der Waals surface area (Å²) in [4.78, 5) is 31.2. The van der Waals surface area contributed by atoms with Gasteiger partial charge in [0.05, 0.1) is 6.54 Å². The molecule has 2 N–H and O–H groups in total. The van der Waals surface area contributed by atoms with Crippen LogP contribution in [0, 0.1) is 0 Å². The maximum atomic E-state index is 12.8. The molecule has 1 aliphatic rings. The Labute approximate surface area is 152 Å². The largest absolute Gasteiger partial charge is 0.356 e. The molecule has 26 heavy (non-hydrogen) atoms. The van der Waals surface area contributed by atoms with Crippen molar-refractivity contribution < 1.29 is 0 Å². The second-order valence-electron chi connectivity index (χ2n) is 6.70. The number of nitrogens with zero attached hydrogens (tertiary/aromatic N) is 4. The van der Waals surface area contributed by atoms with Gasteiger partial charge in [-0.2, -0.15) is 0 Å². The summed E-state index contributed by atoms with van der Waals surface area (Å²) in [6.45, 7) is 1.80. The van der Waals surface area contributed by atoms with E-state index in [1.165, 1.54) is 13.1 Å². The molecule has 1 saturated heterocycles. The van der Waals surface area contributed by atoms with Crippen LogP contribution in [0.1, 0.15) is 24.0 Å². The first-order valence-corrected chi connectivity index (χ1v) is 8.82. The summed E-state index contributed by atoms with van der Waals surface area (Å²) < 4.78 is 2.80. The summed E-state index contributed by atoms with van der Waals surface area (Å²) in [6.07, 6.45) is 3.68. The van der Waals surface area contributed by atoms with Gasteiger partial charge in [0.15, 0.2) is 0 Å². The fourth-order valence-electron chi connectivity index (χ4n) is 3.40. The number of hydrogen-bond acceptors (Lipinski definition) is 5. The van der Waals surface area contributed by atoms with Crippen molar-refractivity contribution in [2.24, 2.45) is 17.8 Å². The Balaban J connectivity index is 2.10. The molecule has 0 radical (unpaired) electrons. The Morgan fingerprint density at radius 2 is 2.08 bits per heavy atom. The molecule has 0 bridgehead atoms. The van der Waals surface area contributed by atoms with Gasteiger partial charge in [-0.1, -0.05) is 24.3 Å². The highest BCUT2D eigenvalue weighted by Crippen LogP contribution is 2.19. The monoisotopic (exact) mass is 355 g/mol. The van der Waals surface area contributed by atoms with Crippen molar-refractivity contribution in [2.45, 2.75) is 25.4 Å². The number of anilines is 1. The highest BCUT2D eigenvalue weighted by atomic mass is 16.2. The molecule has 2 aromatic rings. The predicted molar refractivity (Wildman–Crippen MR) is 104 cm³/mol. The molecule has 138 valence electrons. The zero-order valence-corrected chi connectivity index (χ0v) is 15.3. The molecule has 7 heteroatoms. The second kappa shape index (κ2) is 7.70. The van der Waals surface area contributed by atoms with E-state index in [9.17, 15) is 9.59 Å². The molecule has 0 unspecified atom stereocenters. The third-order valence-corrected chi connectivity index (χ3v) is 4.81. The van der Waals surface area contributed by atoms with Gasteiger partial charge in [-0.15, -0.1) is 0 Å². The Kier molecular flexibility index (Phi) is 5.37. The molecule has 3 rings (SSSR count). The second-order valence-corrected chi connectivity index (χ2v) is 6.70. The van der Waals surface area contributed by atoms with Crippen molar-refractivity contribution in [2.75, 3.05) is 25.0 Å². The highest BCUT2D eigenvalue weighted by Gasteiger charge is 2.21. The average Bonchev–Trinajstić information content (AvgIpc) is 2.63. The molecule has 0 spiro atoms. The van der Waals surface area contributed by atoms with Crippen molar-refractivity contribution in [3.8, 4) is 0 Å². The highest BCUT2D eigenvalue weighted by molar-refractivity contribution is 5.81. The van der Waals surface area contributed by atoms with Crippen LogP contribution in [0.4, 0.5) is 5.82 Å². The third kappa shape index (κ3) is 3.62. The molecule has 0 amide bonds.